The van der Waals surface area contributed by atoms with Crippen LogP contribution in [0.4, 0.5) is 8.78 Å². The van der Waals surface area contributed by atoms with Gasteiger partial charge in [-0.15, -0.1) is 0 Å². The van der Waals surface area contributed by atoms with E-state index in [-0.39, 0.29) is 5.82 Å². The van der Waals surface area contributed by atoms with Gasteiger partial charge in [0.15, 0.2) is 0 Å². The zero-order chi connectivity index (χ0) is 14.4. The molecule has 1 N–H and O–H groups in total. The van der Waals surface area contributed by atoms with Crippen LogP contribution in [0.25, 0.3) is 0 Å². The molecule has 2 nitrogen and oxygen atoms in total. The Hall–Kier alpha value is -1.94. The normalized spacial score (nSPS) is 10.6. The van der Waals surface area contributed by atoms with Crippen molar-refractivity contribution in [2.45, 2.75) is 13.0 Å². The lowest BCUT2D eigenvalue weighted by atomic mass is 10.1. The summed E-state index contributed by atoms with van der Waals surface area (Å²) in [6.45, 7) is 1.02. The molecule has 2 aromatic carbocycles. The number of rotatable bonds is 6. The molecule has 0 aliphatic carbocycles. The molecule has 4 heteroatoms. The lowest BCUT2D eigenvalue weighted by molar-refractivity contribution is 0.414. The van der Waals surface area contributed by atoms with Gasteiger partial charge in [-0.1, -0.05) is 12.1 Å². The molecule has 0 amide bonds. The van der Waals surface area contributed by atoms with Gasteiger partial charge < -0.3 is 10.1 Å². The van der Waals surface area contributed by atoms with Gasteiger partial charge in [0.25, 0.3) is 0 Å². The average molecular weight is 277 g/mol. The topological polar surface area (TPSA) is 21.3 Å². The van der Waals surface area contributed by atoms with Crippen LogP contribution in [0.15, 0.2) is 42.5 Å². The lowest BCUT2D eigenvalue weighted by Crippen LogP contribution is -2.17. The van der Waals surface area contributed by atoms with Crippen LogP contribution in [0.1, 0.15) is 11.1 Å². The Kier molecular flexibility index (Phi) is 5.07. The molecule has 0 unspecified atom stereocenters. The Labute approximate surface area is 117 Å². The maximum absolute atomic E-state index is 13.4. The van der Waals surface area contributed by atoms with Crippen molar-refractivity contribution in [2.75, 3.05) is 13.7 Å². The Balaban J connectivity index is 1.79. The van der Waals surface area contributed by atoms with E-state index < -0.39 is 5.82 Å². The molecule has 20 heavy (non-hydrogen) atoms. The summed E-state index contributed by atoms with van der Waals surface area (Å²) in [4.78, 5) is 0. The van der Waals surface area contributed by atoms with Gasteiger partial charge in [-0.25, -0.2) is 8.78 Å². The molecule has 0 heterocycles. The van der Waals surface area contributed by atoms with E-state index in [1.165, 1.54) is 6.07 Å². The van der Waals surface area contributed by atoms with E-state index >= 15 is 0 Å². The molecular weight excluding hydrogens is 260 g/mol. The van der Waals surface area contributed by atoms with Crippen LogP contribution in [-0.2, 0) is 13.0 Å². The fourth-order valence-electron chi connectivity index (χ4n) is 1.93. The van der Waals surface area contributed by atoms with E-state index in [2.05, 4.69) is 5.32 Å². The van der Waals surface area contributed by atoms with E-state index in [1.807, 2.05) is 24.3 Å². The standard InChI is InChI=1S/C16H17F2NO/c1-20-15-5-2-12(3-6-15)8-9-19-11-13-10-14(17)4-7-16(13)18/h2-7,10,19H,8-9,11H2,1H3. The molecule has 0 radical (unpaired) electrons. The van der Waals surface area contributed by atoms with Crippen molar-refractivity contribution in [3.8, 4) is 5.75 Å². The largest absolute Gasteiger partial charge is 0.497 e. The maximum atomic E-state index is 13.4. The Bertz CT molecular complexity index is 555. The minimum Gasteiger partial charge on any atom is -0.497 e. The van der Waals surface area contributed by atoms with E-state index in [9.17, 15) is 8.78 Å². The molecule has 2 aromatic rings. The average Bonchev–Trinajstić information content (AvgIpc) is 2.47. The first kappa shape index (κ1) is 14.5. The van der Waals surface area contributed by atoms with E-state index in [1.54, 1.807) is 7.11 Å². The van der Waals surface area contributed by atoms with Crippen molar-refractivity contribution in [1.82, 2.24) is 5.32 Å². The van der Waals surface area contributed by atoms with Gasteiger partial charge in [0.2, 0.25) is 0 Å². The number of hydrogen-bond acceptors (Lipinski definition) is 2. The zero-order valence-electron chi connectivity index (χ0n) is 11.3. The summed E-state index contributed by atoms with van der Waals surface area (Å²) in [6, 6.07) is 11.3. The molecule has 2 rings (SSSR count). The second-order valence-electron chi connectivity index (χ2n) is 4.51. The Morgan fingerprint density at radius 3 is 2.50 bits per heavy atom. The summed E-state index contributed by atoms with van der Waals surface area (Å²) >= 11 is 0. The molecule has 0 fully saturated rings. The van der Waals surface area contributed by atoms with Crippen LogP contribution < -0.4 is 10.1 Å². The number of nitrogens with one attached hydrogen (secondary N) is 1. The number of benzene rings is 2. The highest BCUT2D eigenvalue weighted by Crippen LogP contribution is 2.12. The van der Waals surface area contributed by atoms with Crippen molar-refractivity contribution < 1.29 is 13.5 Å². The lowest BCUT2D eigenvalue weighted by Gasteiger charge is -2.07. The van der Waals surface area contributed by atoms with Gasteiger partial charge in [-0.2, -0.15) is 0 Å². The number of halogens is 2. The second kappa shape index (κ2) is 7.01. The number of ether oxygens (including phenoxy) is 1. The summed E-state index contributed by atoms with van der Waals surface area (Å²) in [5, 5.41) is 3.11. The highest BCUT2D eigenvalue weighted by atomic mass is 19.1. The summed E-state index contributed by atoms with van der Waals surface area (Å²) in [5.41, 5.74) is 1.51. The molecule has 0 aromatic heterocycles. The summed E-state index contributed by atoms with van der Waals surface area (Å²) < 4.78 is 31.5. The Morgan fingerprint density at radius 1 is 1.05 bits per heavy atom. The molecule has 0 saturated carbocycles. The summed E-state index contributed by atoms with van der Waals surface area (Å²) in [7, 11) is 1.63. The third-order valence-electron chi connectivity index (χ3n) is 3.07. The highest BCUT2D eigenvalue weighted by molar-refractivity contribution is 5.27. The van der Waals surface area contributed by atoms with Crippen LogP contribution in [0.5, 0.6) is 5.75 Å². The number of hydrogen-bond donors (Lipinski definition) is 1. The fourth-order valence-corrected chi connectivity index (χ4v) is 1.93. The van der Waals surface area contributed by atoms with Gasteiger partial charge in [-0.05, 0) is 48.9 Å². The third-order valence-corrected chi connectivity index (χ3v) is 3.07. The SMILES string of the molecule is COc1ccc(CCNCc2cc(F)ccc2F)cc1. The van der Waals surface area contributed by atoms with Crippen LogP contribution in [-0.4, -0.2) is 13.7 Å². The van der Waals surface area contributed by atoms with Crippen molar-refractivity contribution in [3.05, 3.63) is 65.2 Å². The fraction of sp³-hybridized carbons (Fsp3) is 0.250. The van der Waals surface area contributed by atoms with E-state index in [0.717, 1.165) is 29.9 Å². The predicted molar refractivity (Wildman–Crippen MR) is 74.8 cm³/mol. The third kappa shape index (κ3) is 4.03. The molecule has 0 aliphatic heterocycles. The predicted octanol–water partition coefficient (Wildman–Crippen LogP) is 3.31. The Morgan fingerprint density at radius 2 is 1.80 bits per heavy atom. The molecule has 0 bridgehead atoms. The van der Waals surface area contributed by atoms with Crippen LogP contribution in [0.3, 0.4) is 0 Å². The molecular formula is C16H17F2NO. The van der Waals surface area contributed by atoms with Crippen molar-refractivity contribution in [1.29, 1.82) is 0 Å². The van der Waals surface area contributed by atoms with Gasteiger partial charge in [0.05, 0.1) is 7.11 Å². The maximum Gasteiger partial charge on any atom is 0.127 e. The van der Waals surface area contributed by atoms with Gasteiger partial charge in [0.1, 0.15) is 17.4 Å². The molecule has 0 aliphatic rings. The summed E-state index contributed by atoms with van der Waals surface area (Å²) in [6.07, 6.45) is 0.820. The molecule has 0 saturated heterocycles. The molecule has 0 spiro atoms. The highest BCUT2D eigenvalue weighted by Gasteiger charge is 2.03. The van der Waals surface area contributed by atoms with Crippen molar-refractivity contribution >= 4 is 0 Å². The van der Waals surface area contributed by atoms with Crippen molar-refractivity contribution in [2.24, 2.45) is 0 Å². The zero-order valence-corrected chi connectivity index (χ0v) is 11.3. The van der Waals surface area contributed by atoms with Crippen LogP contribution in [0.2, 0.25) is 0 Å². The first-order valence-corrected chi connectivity index (χ1v) is 6.46. The van der Waals surface area contributed by atoms with Crippen LogP contribution >= 0.6 is 0 Å². The number of methoxy groups -OCH3 is 1. The summed E-state index contributed by atoms with van der Waals surface area (Å²) in [5.74, 6) is 0.0187. The molecule has 0 atom stereocenters. The van der Waals surface area contributed by atoms with Crippen molar-refractivity contribution in [3.63, 3.8) is 0 Å². The molecule has 106 valence electrons. The minimum absolute atomic E-state index is 0.319. The van der Waals surface area contributed by atoms with Gasteiger partial charge >= 0.3 is 0 Å². The van der Waals surface area contributed by atoms with E-state index in [0.29, 0.717) is 18.7 Å². The smallest absolute Gasteiger partial charge is 0.127 e. The van der Waals surface area contributed by atoms with Gasteiger partial charge in [-0.3, -0.25) is 0 Å². The monoisotopic (exact) mass is 277 g/mol. The first-order chi connectivity index (χ1) is 9.69. The van der Waals surface area contributed by atoms with Crippen LogP contribution in [0, 0.1) is 11.6 Å². The quantitative estimate of drug-likeness (QED) is 0.818. The van der Waals surface area contributed by atoms with E-state index in [4.69, 9.17) is 4.74 Å². The van der Waals surface area contributed by atoms with Gasteiger partial charge in [0, 0.05) is 12.1 Å². The minimum atomic E-state index is -0.418. The first-order valence-electron chi connectivity index (χ1n) is 6.46. The second-order valence-corrected chi connectivity index (χ2v) is 4.51.